The van der Waals surface area contributed by atoms with Crippen LogP contribution in [0.15, 0.2) is 0 Å². The molecule has 4 atom stereocenters. The van der Waals surface area contributed by atoms with E-state index in [4.69, 9.17) is 66.5 Å². The van der Waals surface area contributed by atoms with Crippen LogP contribution in [0.4, 0.5) is 0 Å². The molecule has 4 unspecified atom stereocenters. The van der Waals surface area contributed by atoms with Crippen molar-refractivity contribution >= 4 is 118 Å². The molecule has 0 aromatic rings. The zero-order chi connectivity index (χ0) is 33.2. The van der Waals surface area contributed by atoms with Crippen LogP contribution in [0.3, 0.4) is 0 Å². The van der Waals surface area contributed by atoms with Gasteiger partial charge in [0.05, 0.1) is 0 Å². The fourth-order valence-electron chi connectivity index (χ4n) is 4.09. The van der Waals surface area contributed by atoms with Gasteiger partial charge in [-0.1, -0.05) is 6.55 Å². The highest BCUT2D eigenvalue weighted by Crippen LogP contribution is 2.48. The molecule has 0 N–H and O–H groups in total. The first-order valence-electron chi connectivity index (χ1n) is 15.1. The number of rotatable bonds is 18. The van der Waals surface area contributed by atoms with E-state index in [9.17, 15) is 0 Å². The molecular formula is C15H52O16Si13. The third kappa shape index (κ3) is 10.6. The van der Waals surface area contributed by atoms with Gasteiger partial charge in [-0.3, -0.25) is 0 Å². The fourth-order valence-corrected chi connectivity index (χ4v) is 49.0. The molecule has 4 rings (SSSR count). The molecule has 4 bridgehead atoms. The molecule has 4 aliphatic rings. The monoisotopic (exact) mass is 852 g/mol. The van der Waals surface area contributed by atoms with Crippen LogP contribution in [0.1, 0.15) is 0 Å². The molecule has 0 amide bonds. The SMILES string of the molecule is CO[Si](O[SiH](C)C)(O[SiH](C)C)O[Si]12O[Si](O[SiH](C)C)(O[SiH](C)C)O[Si]3(O[SiH](C)C)O[Si](OC[SiH2]C)(O[Si](O[SiH](C)C)(O3)O1)O2. The van der Waals surface area contributed by atoms with Gasteiger partial charge in [-0.05, 0) is 78.6 Å². The summed E-state index contributed by atoms with van der Waals surface area (Å²) in [7, 11) is -36.1. The lowest BCUT2D eigenvalue weighted by molar-refractivity contribution is -0.128. The highest BCUT2D eigenvalue weighted by Gasteiger charge is 2.89. The first-order chi connectivity index (χ1) is 20.3. The van der Waals surface area contributed by atoms with E-state index in [2.05, 4.69) is 6.55 Å². The molecule has 0 spiro atoms. The van der Waals surface area contributed by atoms with E-state index in [0.717, 1.165) is 0 Å². The van der Waals surface area contributed by atoms with Crippen LogP contribution in [-0.4, -0.2) is 131 Å². The van der Waals surface area contributed by atoms with Crippen LogP contribution in [0.5, 0.6) is 0 Å². The zero-order valence-corrected chi connectivity index (χ0v) is 42.8. The van der Waals surface area contributed by atoms with E-state index >= 15 is 0 Å². The number of hydrogen-bond acceptors (Lipinski definition) is 16. The normalized spacial score (nSPS) is 32.5. The third-order valence-electron chi connectivity index (χ3n) is 5.01. The molecule has 0 aromatic carbocycles. The van der Waals surface area contributed by atoms with Gasteiger partial charge in [0.1, 0.15) is 0 Å². The minimum atomic E-state index is -4.66. The molecule has 0 radical (unpaired) electrons. The molecule has 4 aliphatic heterocycles. The summed E-state index contributed by atoms with van der Waals surface area (Å²) in [5.74, 6) is 0. The molecular weight excluding hydrogens is 801 g/mol. The van der Waals surface area contributed by atoms with Gasteiger partial charge in [-0.2, -0.15) is 0 Å². The molecule has 4 fully saturated rings. The molecule has 0 aliphatic carbocycles. The van der Waals surface area contributed by atoms with Crippen molar-refractivity contribution in [3.05, 3.63) is 0 Å². The Balaban J connectivity index is 2.35. The lowest BCUT2D eigenvalue weighted by atomic mass is 11.7. The van der Waals surface area contributed by atoms with Gasteiger partial charge < -0.3 is 66.5 Å². The van der Waals surface area contributed by atoms with Gasteiger partial charge in [0.2, 0.25) is 0 Å². The Hall–Kier alpha value is 2.18. The minimum Gasteiger partial charge on any atom is -0.399 e. The van der Waals surface area contributed by atoms with Crippen LogP contribution >= 0.6 is 0 Å². The Kier molecular flexibility index (Phi) is 14.8. The van der Waals surface area contributed by atoms with Crippen LogP contribution in [0.2, 0.25) is 85.1 Å². The van der Waals surface area contributed by atoms with Crippen molar-refractivity contribution in [3.63, 3.8) is 0 Å². The van der Waals surface area contributed by atoms with Gasteiger partial charge in [0.15, 0.2) is 54.2 Å². The molecule has 0 saturated carbocycles. The van der Waals surface area contributed by atoms with Crippen LogP contribution in [0.25, 0.3) is 0 Å². The Morgan fingerprint density at radius 1 is 0.523 bits per heavy atom. The summed E-state index contributed by atoms with van der Waals surface area (Å²) in [6, 6.07) is 0. The summed E-state index contributed by atoms with van der Waals surface area (Å²) in [4.78, 5) is 0. The lowest BCUT2D eigenvalue weighted by Gasteiger charge is -2.57. The Morgan fingerprint density at radius 3 is 1.32 bits per heavy atom. The molecule has 4 heterocycles. The zero-order valence-electron chi connectivity index (χ0n) is 28.4. The highest BCUT2D eigenvalue weighted by molar-refractivity contribution is 6.99. The van der Waals surface area contributed by atoms with Gasteiger partial charge in [-0.25, -0.2) is 0 Å². The van der Waals surface area contributed by atoms with Gasteiger partial charge in [-0.15, -0.1) is 0 Å². The van der Waals surface area contributed by atoms with Gasteiger partial charge in [0, 0.05) is 22.9 Å². The van der Waals surface area contributed by atoms with Crippen LogP contribution < -0.4 is 0 Å². The maximum atomic E-state index is 6.90. The predicted molar refractivity (Wildman–Crippen MR) is 190 cm³/mol. The predicted octanol–water partition coefficient (Wildman–Crippen LogP) is -0.389. The molecule has 16 nitrogen and oxygen atoms in total. The average molecular weight is 854 g/mol. The maximum Gasteiger partial charge on any atom is 0.661 e. The minimum absolute atomic E-state index is 0.370. The second-order valence-electron chi connectivity index (χ2n) is 11.9. The van der Waals surface area contributed by atoms with Gasteiger partial charge >= 0.3 is 54.3 Å². The Bertz CT molecular complexity index is 922. The van der Waals surface area contributed by atoms with Crippen molar-refractivity contribution in [2.45, 2.75) is 85.1 Å². The first-order valence-corrected chi connectivity index (χ1v) is 44.0. The largest absolute Gasteiger partial charge is 0.661 e. The lowest BCUT2D eigenvalue weighted by Crippen LogP contribution is -2.90. The van der Waals surface area contributed by atoms with Crippen molar-refractivity contribution in [1.82, 2.24) is 0 Å². The summed E-state index contributed by atoms with van der Waals surface area (Å²) >= 11 is 0. The Morgan fingerprint density at radius 2 is 0.909 bits per heavy atom. The van der Waals surface area contributed by atoms with Crippen molar-refractivity contribution in [3.8, 4) is 0 Å². The summed E-state index contributed by atoms with van der Waals surface area (Å²) in [6.45, 7) is 25.9. The standard InChI is InChI=1S/C15H52O16Si13/c1-16-39(18-33(3)4,19-34(5)6)24-44-27-40(17-15-32-2)25-42(22-37(11)12,30-43(26-40,31-44)23-38(13)14)28-41(29-44,20-35(7)8)21-36(9)10/h33-38H,15,32H2,1-14H3. The molecule has 0 aromatic heterocycles. The average Bonchev–Trinajstić information content (AvgIpc) is 2.77. The van der Waals surface area contributed by atoms with Crippen molar-refractivity contribution < 1.29 is 66.5 Å². The van der Waals surface area contributed by atoms with Crippen molar-refractivity contribution in [1.29, 1.82) is 0 Å². The van der Waals surface area contributed by atoms with Crippen LogP contribution in [0, 0.1) is 0 Å². The molecule has 260 valence electrons. The van der Waals surface area contributed by atoms with Crippen molar-refractivity contribution in [2.24, 2.45) is 0 Å². The first kappa shape index (κ1) is 40.6. The summed E-state index contributed by atoms with van der Waals surface area (Å²) in [5, 5.41) is 0. The molecule has 44 heavy (non-hydrogen) atoms. The second kappa shape index (κ2) is 16.0. The van der Waals surface area contributed by atoms with Crippen molar-refractivity contribution in [2.75, 3.05) is 13.3 Å². The topological polar surface area (TPSA) is 148 Å². The fraction of sp³-hybridized carbons (Fsp3) is 1.00. The summed E-state index contributed by atoms with van der Waals surface area (Å²) in [6.07, 6.45) is 0.370. The number of fused-ring (bicyclic) bond motifs is 2. The highest BCUT2D eigenvalue weighted by atomic mass is 28.7. The molecule has 29 heteroatoms. The van der Waals surface area contributed by atoms with Crippen LogP contribution in [-0.2, 0) is 66.5 Å². The Labute approximate surface area is 281 Å². The van der Waals surface area contributed by atoms with Gasteiger partial charge in [0.25, 0.3) is 0 Å². The van der Waals surface area contributed by atoms with E-state index in [-0.39, 0.29) is 0 Å². The quantitative estimate of drug-likeness (QED) is 0.165. The van der Waals surface area contributed by atoms with E-state index in [1.165, 1.54) is 7.11 Å². The third-order valence-corrected chi connectivity index (χ3v) is 41.3. The van der Waals surface area contributed by atoms with E-state index in [1.807, 2.05) is 78.6 Å². The molecule has 4 saturated heterocycles. The number of hydrogen-bond donors (Lipinski definition) is 0. The maximum absolute atomic E-state index is 6.90. The summed E-state index contributed by atoms with van der Waals surface area (Å²) < 4.78 is 105. The summed E-state index contributed by atoms with van der Waals surface area (Å²) in [5.41, 5.74) is 0. The second-order valence-corrected chi connectivity index (χ2v) is 44.7. The van der Waals surface area contributed by atoms with E-state index in [0.29, 0.717) is 6.23 Å². The van der Waals surface area contributed by atoms with E-state index in [1.54, 1.807) is 0 Å². The van der Waals surface area contributed by atoms with E-state index < -0.39 is 118 Å². The smallest absolute Gasteiger partial charge is 0.399 e.